The Hall–Kier alpha value is -1.66. The lowest BCUT2D eigenvalue weighted by atomic mass is 10.2. The lowest BCUT2D eigenvalue weighted by Gasteiger charge is -2.20. The number of carbonyl (C=O) groups is 1. The standard InChI is InChI=1S/C14H20ClN3O3/c1-18(2)14(19)17-4-3-16-9-10-7-11(15)13-12(8-10)20-5-6-21-13/h7-8,16H,3-6,9H2,1-2H3,(H,17,19). The largest absolute Gasteiger partial charge is 0.486 e. The summed E-state index contributed by atoms with van der Waals surface area (Å²) in [6.07, 6.45) is 0. The molecular weight excluding hydrogens is 294 g/mol. The third-order valence-corrected chi connectivity index (χ3v) is 3.25. The van der Waals surface area contributed by atoms with Gasteiger partial charge in [-0.25, -0.2) is 4.79 Å². The van der Waals surface area contributed by atoms with Crippen molar-refractivity contribution in [2.75, 3.05) is 40.4 Å². The average molecular weight is 314 g/mol. The monoisotopic (exact) mass is 313 g/mol. The van der Waals surface area contributed by atoms with Crippen LogP contribution in [0.5, 0.6) is 11.5 Å². The molecule has 1 aromatic rings. The first-order valence-electron chi connectivity index (χ1n) is 6.82. The Balaban J connectivity index is 1.79. The third kappa shape index (κ3) is 4.41. The number of benzene rings is 1. The van der Waals surface area contributed by atoms with Gasteiger partial charge in [-0.1, -0.05) is 11.6 Å². The lowest BCUT2D eigenvalue weighted by molar-refractivity contribution is 0.171. The zero-order valence-corrected chi connectivity index (χ0v) is 13.0. The second-order valence-corrected chi connectivity index (χ2v) is 5.31. The molecule has 116 valence electrons. The highest BCUT2D eigenvalue weighted by Gasteiger charge is 2.16. The molecule has 2 rings (SSSR count). The summed E-state index contributed by atoms with van der Waals surface area (Å²) >= 11 is 6.17. The van der Waals surface area contributed by atoms with Gasteiger partial charge >= 0.3 is 6.03 Å². The lowest BCUT2D eigenvalue weighted by Crippen LogP contribution is -2.38. The first-order chi connectivity index (χ1) is 10.1. The van der Waals surface area contributed by atoms with Gasteiger partial charge in [0.15, 0.2) is 11.5 Å². The van der Waals surface area contributed by atoms with Gasteiger partial charge in [0.05, 0.1) is 5.02 Å². The first kappa shape index (κ1) is 15.7. The Kier molecular flexibility index (Phi) is 5.52. The van der Waals surface area contributed by atoms with Crippen LogP contribution in [0.3, 0.4) is 0 Å². The van der Waals surface area contributed by atoms with Crippen molar-refractivity contribution in [3.05, 3.63) is 22.7 Å². The molecule has 0 fully saturated rings. The molecule has 0 bridgehead atoms. The fourth-order valence-corrected chi connectivity index (χ4v) is 2.20. The molecule has 1 heterocycles. The Bertz CT molecular complexity index is 508. The van der Waals surface area contributed by atoms with Crippen molar-refractivity contribution >= 4 is 17.6 Å². The molecule has 1 aliphatic rings. The van der Waals surface area contributed by atoms with E-state index in [4.69, 9.17) is 21.1 Å². The van der Waals surface area contributed by atoms with Crippen molar-refractivity contribution in [3.63, 3.8) is 0 Å². The molecule has 2 amide bonds. The number of carbonyl (C=O) groups excluding carboxylic acids is 1. The molecule has 2 N–H and O–H groups in total. The van der Waals surface area contributed by atoms with Gasteiger partial charge in [-0.2, -0.15) is 0 Å². The second-order valence-electron chi connectivity index (χ2n) is 4.90. The molecule has 0 unspecified atom stereocenters. The van der Waals surface area contributed by atoms with Crippen molar-refractivity contribution < 1.29 is 14.3 Å². The van der Waals surface area contributed by atoms with E-state index in [2.05, 4.69) is 10.6 Å². The van der Waals surface area contributed by atoms with Gasteiger partial charge in [0, 0.05) is 33.7 Å². The van der Waals surface area contributed by atoms with Crippen LogP contribution < -0.4 is 20.1 Å². The van der Waals surface area contributed by atoms with Gasteiger partial charge in [-0.3, -0.25) is 0 Å². The average Bonchev–Trinajstić information content (AvgIpc) is 2.46. The number of rotatable bonds is 5. The van der Waals surface area contributed by atoms with Crippen LogP contribution >= 0.6 is 11.6 Å². The summed E-state index contributed by atoms with van der Waals surface area (Å²) < 4.78 is 11.0. The minimum atomic E-state index is -0.0980. The number of nitrogens with one attached hydrogen (secondary N) is 2. The number of hydrogen-bond donors (Lipinski definition) is 2. The SMILES string of the molecule is CN(C)C(=O)NCCNCc1cc(Cl)c2c(c1)OCCO2. The molecule has 7 heteroatoms. The van der Waals surface area contributed by atoms with E-state index in [-0.39, 0.29) is 6.03 Å². The van der Waals surface area contributed by atoms with Crippen LogP contribution in [0.2, 0.25) is 5.02 Å². The first-order valence-corrected chi connectivity index (χ1v) is 7.19. The van der Waals surface area contributed by atoms with E-state index < -0.39 is 0 Å². The topological polar surface area (TPSA) is 62.8 Å². The summed E-state index contributed by atoms with van der Waals surface area (Å²) in [6, 6.07) is 3.69. The van der Waals surface area contributed by atoms with E-state index in [9.17, 15) is 4.79 Å². The summed E-state index contributed by atoms with van der Waals surface area (Å²) in [7, 11) is 3.42. The number of nitrogens with zero attached hydrogens (tertiary/aromatic N) is 1. The molecule has 6 nitrogen and oxygen atoms in total. The maximum Gasteiger partial charge on any atom is 0.316 e. The van der Waals surface area contributed by atoms with Gasteiger partial charge in [0.1, 0.15) is 13.2 Å². The highest BCUT2D eigenvalue weighted by molar-refractivity contribution is 6.32. The van der Waals surface area contributed by atoms with Gasteiger partial charge < -0.3 is 25.0 Å². The van der Waals surface area contributed by atoms with Gasteiger partial charge in [0.25, 0.3) is 0 Å². The summed E-state index contributed by atoms with van der Waals surface area (Å²) in [5.74, 6) is 1.30. The molecule has 0 radical (unpaired) electrons. The molecule has 0 aromatic heterocycles. The quantitative estimate of drug-likeness (QED) is 0.808. The summed E-state index contributed by atoms with van der Waals surface area (Å²) in [4.78, 5) is 12.8. The Labute approximate surface area is 129 Å². The van der Waals surface area contributed by atoms with Gasteiger partial charge in [-0.15, -0.1) is 0 Å². The minimum Gasteiger partial charge on any atom is -0.486 e. The zero-order valence-electron chi connectivity index (χ0n) is 12.2. The van der Waals surface area contributed by atoms with E-state index in [0.29, 0.717) is 49.4 Å². The van der Waals surface area contributed by atoms with Crippen LogP contribution in [-0.4, -0.2) is 51.3 Å². The zero-order chi connectivity index (χ0) is 15.2. The normalized spacial score (nSPS) is 12.9. The molecule has 0 aliphatic carbocycles. The number of fused-ring (bicyclic) bond motifs is 1. The summed E-state index contributed by atoms with van der Waals surface area (Å²) in [5, 5.41) is 6.59. The van der Waals surface area contributed by atoms with Crippen LogP contribution in [0.4, 0.5) is 4.79 Å². The van der Waals surface area contributed by atoms with Crippen LogP contribution in [-0.2, 0) is 6.54 Å². The van der Waals surface area contributed by atoms with Gasteiger partial charge in [-0.05, 0) is 17.7 Å². The molecule has 0 atom stereocenters. The molecule has 0 saturated carbocycles. The highest BCUT2D eigenvalue weighted by Crippen LogP contribution is 2.38. The van der Waals surface area contributed by atoms with Crippen LogP contribution in [0.1, 0.15) is 5.56 Å². The van der Waals surface area contributed by atoms with E-state index in [0.717, 1.165) is 5.56 Å². The van der Waals surface area contributed by atoms with E-state index in [1.807, 2.05) is 12.1 Å². The fourth-order valence-electron chi connectivity index (χ4n) is 1.91. The predicted molar refractivity (Wildman–Crippen MR) is 81.2 cm³/mol. The van der Waals surface area contributed by atoms with E-state index in [1.165, 1.54) is 4.90 Å². The van der Waals surface area contributed by atoms with Crippen molar-refractivity contribution in [3.8, 4) is 11.5 Å². The maximum atomic E-state index is 11.3. The third-order valence-electron chi connectivity index (χ3n) is 2.97. The molecule has 21 heavy (non-hydrogen) atoms. The van der Waals surface area contributed by atoms with Crippen LogP contribution in [0.25, 0.3) is 0 Å². The van der Waals surface area contributed by atoms with Crippen molar-refractivity contribution in [1.82, 2.24) is 15.5 Å². The summed E-state index contributed by atoms with van der Waals surface area (Å²) in [5.41, 5.74) is 1.02. The van der Waals surface area contributed by atoms with Crippen molar-refractivity contribution in [1.29, 1.82) is 0 Å². The number of ether oxygens (including phenoxy) is 2. The number of hydrogen-bond acceptors (Lipinski definition) is 4. The van der Waals surface area contributed by atoms with Crippen LogP contribution in [0, 0.1) is 0 Å². The van der Waals surface area contributed by atoms with Gasteiger partial charge in [0.2, 0.25) is 0 Å². The van der Waals surface area contributed by atoms with Crippen molar-refractivity contribution in [2.45, 2.75) is 6.54 Å². The minimum absolute atomic E-state index is 0.0980. The molecule has 1 aliphatic heterocycles. The number of amides is 2. The Morgan fingerprint density at radius 2 is 2.05 bits per heavy atom. The second kappa shape index (κ2) is 7.38. The maximum absolute atomic E-state index is 11.3. The fraction of sp³-hybridized carbons (Fsp3) is 0.500. The highest BCUT2D eigenvalue weighted by atomic mass is 35.5. The smallest absolute Gasteiger partial charge is 0.316 e. The molecule has 1 aromatic carbocycles. The van der Waals surface area contributed by atoms with Crippen LogP contribution in [0.15, 0.2) is 12.1 Å². The predicted octanol–water partition coefficient (Wildman–Crippen LogP) is 1.47. The van der Waals surface area contributed by atoms with E-state index >= 15 is 0 Å². The summed E-state index contributed by atoms with van der Waals surface area (Å²) in [6.45, 7) is 2.95. The number of halogens is 1. The molecule has 0 saturated heterocycles. The molecule has 0 spiro atoms. The Morgan fingerprint density at radius 3 is 2.81 bits per heavy atom. The van der Waals surface area contributed by atoms with E-state index in [1.54, 1.807) is 14.1 Å². The van der Waals surface area contributed by atoms with Crippen molar-refractivity contribution in [2.24, 2.45) is 0 Å². The Morgan fingerprint density at radius 1 is 1.29 bits per heavy atom. The number of urea groups is 1. The molecular formula is C14H20ClN3O3.